The smallest absolute Gasteiger partial charge is 0.226 e. The van der Waals surface area contributed by atoms with Gasteiger partial charge in [0, 0.05) is 26.1 Å². The van der Waals surface area contributed by atoms with Crippen molar-refractivity contribution in [3.8, 4) is 0 Å². The molecular formula is C14H22N6O2. The van der Waals surface area contributed by atoms with Crippen LogP contribution >= 0.6 is 0 Å². The third kappa shape index (κ3) is 4.66. The second-order valence-corrected chi connectivity index (χ2v) is 5.47. The van der Waals surface area contributed by atoms with Crippen LogP contribution in [0.4, 0.5) is 11.6 Å². The third-order valence-electron chi connectivity index (χ3n) is 2.93. The van der Waals surface area contributed by atoms with Gasteiger partial charge in [-0.05, 0) is 5.92 Å². The molecule has 0 saturated heterocycles. The molecule has 2 rings (SSSR count). The Labute approximate surface area is 129 Å². The molecule has 0 atom stereocenters. The number of aliphatic hydroxyl groups is 1. The Balaban J connectivity index is 1.99. The molecule has 120 valence electrons. The molecule has 8 nitrogen and oxygen atoms in total. The van der Waals surface area contributed by atoms with Gasteiger partial charge in [0.2, 0.25) is 5.89 Å². The summed E-state index contributed by atoms with van der Waals surface area (Å²) in [5.74, 6) is 3.17. The lowest BCUT2D eigenvalue weighted by Gasteiger charge is -2.16. The highest BCUT2D eigenvalue weighted by molar-refractivity contribution is 5.47. The monoisotopic (exact) mass is 306 g/mol. The van der Waals surface area contributed by atoms with E-state index in [1.54, 1.807) is 0 Å². The van der Waals surface area contributed by atoms with E-state index in [4.69, 9.17) is 9.63 Å². The topological polar surface area (TPSA) is 100 Å². The number of anilines is 2. The molecular weight excluding hydrogens is 284 g/mol. The molecule has 0 radical (unpaired) electrons. The van der Waals surface area contributed by atoms with Crippen LogP contribution in [0, 0.1) is 5.92 Å². The van der Waals surface area contributed by atoms with E-state index in [9.17, 15) is 0 Å². The summed E-state index contributed by atoms with van der Waals surface area (Å²) in [5, 5.41) is 15.8. The van der Waals surface area contributed by atoms with Gasteiger partial charge < -0.3 is 19.8 Å². The summed E-state index contributed by atoms with van der Waals surface area (Å²) in [5.41, 5.74) is 0. The molecule has 0 fully saturated rings. The Hall–Kier alpha value is -2.22. The molecule has 0 unspecified atom stereocenters. The SMILES string of the molecule is CC(C)Cc1nc(CN(C)c2cc(NCCO)ncn2)no1. The number of nitrogens with one attached hydrogen (secondary N) is 1. The fraction of sp³-hybridized carbons (Fsp3) is 0.571. The van der Waals surface area contributed by atoms with E-state index in [2.05, 4.69) is 39.3 Å². The van der Waals surface area contributed by atoms with Crippen LogP contribution in [0.25, 0.3) is 0 Å². The van der Waals surface area contributed by atoms with Crippen LogP contribution < -0.4 is 10.2 Å². The van der Waals surface area contributed by atoms with Gasteiger partial charge in [-0.3, -0.25) is 0 Å². The summed E-state index contributed by atoms with van der Waals surface area (Å²) in [7, 11) is 1.90. The Morgan fingerprint density at radius 3 is 2.91 bits per heavy atom. The van der Waals surface area contributed by atoms with E-state index in [1.807, 2.05) is 18.0 Å². The van der Waals surface area contributed by atoms with Crippen LogP contribution in [-0.2, 0) is 13.0 Å². The van der Waals surface area contributed by atoms with Crippen LogP contribution in [0.15, 0.2) is 16.9 Å². The summed E-state index contributed by atoms with van der Waals surface area (Å²) in [6.07, 6.45) is 2.26. The average Bonchev–Trinajstić information content (AvgIpc) is 2.91. The van der Waals surface area contributed by atoms with Crippen LogP contribution in [0.1, 0.15) is 25.6 Å². The van der Waals surface area contributed by atoms with Crippen molar-refractivity contribution in [3.63, 3.8) is 0 Å². The lowest BCUT2D eigenvalue weighted by molar-refractivity contribution is 0.311. The van der Waals surface area contributed by atoms with Crippen molar-refractivity contribution in [3.05, 3.63) is 24.1 Å². The summed E-state index contributed by atoms with van der Waals surface area (Å²) < 4.78 is 5.23. The molecule has 0 aromatic carbocycles. The van der Waals surface area contributed by atoms with Crippen molar-refractivity contribution in [2.45, 2.75) is 26.8 Å². The maximum atomic E-state index is 8.82. The molecule has 22 heavy (non-hydrogen) atoms. The lowest BCUT2D eigenvalue weighted by atomic mass is 10.1. The largest absolute Gasteiger partial charge is 0.395 e. The van der Waals surface area contributed by atoms with Crippen LogP contribution in [0.2, 0.25) is 0 Å². The van der Waals surface area contributed by atoms with E-state index in [0.717, 1.165) is 12.2 Å². The summed E-state index contributed by atoms with van der Waals surface area (Å²) in [6.45, 7) is 5.22. The van der Waals surface area contributed by atoms with Gasteiger partial charge in [-0.25, -0.2) is 9.97 Å². The first kappa shape index (κ1) is 16.2. The van der Waals surface area contributed by atoms with Crippen molar-refractivity contribution >= 4 is 11.6 Å². The highest BCUT2D eigenvalue weighted by atomic mass is 16.5. The van der Waals surface area contributed by atoms with Crippen molar-refractivity contribution in [2.75, 3.05) is 30.4 Å². The fourth-order valence-electron chi connectivity index (χ4n) is 1.92. The first-order valence-electron chi connectivity index (χ1n) is 7.28. The van der Waals surface area contributed by atoms with Gasteiger partial charge in [0.1, 0.15) is 18.0 Å². The van der Waals surface area contributed by atoms with Crippen molar-refractivity contribution in [1.82, 2.24) is 20.1 Å². The number of hydrogen-bond acceptors (Lipinski definition) is 8. The second-order valence-electron chi connectivity index (χ2n) is 5.47. The molecule has 2 N–H and O–H groups in total. The quantitative estimate of drug-likeness (QED) is 0.748. The molecule has 0 aliphatic heterocycles. The molecule has 0 aliphatic carbocycles. The molecule has 0 spiro atoms. The molecule has 0 aliphatic rings. The van der Waals surface area contributed by atoms with Gasteiger partial charge in [-0.15, -0.1) is 0 Å². The van der Waals surface area contributed by atoms with Crippen LogP contribution in [0.3, 0.4) is 0 Å². The van der Waals surface area contributed by atoms with Crippen molar-refractivity contribution in [1.29, 1.82) is 0 Å². The highest BCUT2D eigenvalue weighted by Gasteiger charge is 2.12. The summed E-state index contributed by atoms with van der Waals surface area (Å²) >= 11 is 0. The molecule has 2 aromatic heterocycles. The Kier molecular flexibility index (Phi) is 5.65. The van der Waals surface area contributed by atoms with E-state index in [1.165, 1.54) is 6.33 Å². The molecule has 8 heteroatoms. The van der Waals surface area contributed by atoms with Gasteiger partial charge in [-0.2, -0.15) is 4.98 Å². The standard InChI is InChI=1S/C14H22N6O2/c1-10(2)6-14-18-12(19-22-14)8-20(3)13-7-11(15-4-5-21)16-9-17-13/h7,9-10,21H,4-6,8H2,1-3H3,(H,15,16,17). The van der Waals surface area contributed by atoms with E-state index >= 15 is 0 Å². The maximum absolute atomic E-state index is 8.82. The van der Waals surface area contributed by atoms with Gasteiger partial charge in [0.05, 0.1) is 13.2 Å². The van der Waals surface area contributed by atoms with Gasteiger partial charge in [0.25, 0.3) is 0 Å². The number of aromatic nitrogens is 4. The third-order valence-corrected chi connectivity index (χ3v) is 2.93. The maximum Gasteiger partial charge on any atom is 0.226 e. The minimum atomic E-state index is 0.0522. The van der Waals surface area contributed by atoms with E-state index in [-0.39, 0.29) is 6.61 Å². The zero-order chi connectivity index (χ0) is 15.9. The zero-order valence-corrected chi connectivity index (χ0v) is 13.2. The van der Waals surface area contributed by atoms with Gasteiger partial charge in [0.15, 0.2) is 5.82 Å². The number of rotatable bonds is 8. The van der Waals surface area contributed by atoms with Crippen molar-refractivity contribution in [2.24, 2.45) is 5.92 Å². The highest BCUT2D eigenvalue weighted by Crippen LogP contribution is 2.15. The van der Waals surface area contributed by atoms with Gasteiger partial charge >= 0.3 is 0 Å². The summed E-state index contributed by atoms with van der Waals surface area (Å²) in [4.78, 5) is 14.6. The fourth-order valence-corrected chi connectivity index (χ4v) is 1.92. The average molecular weight is 306 g/mol. The van der Waals surface area contributed by atoms with Gasteiger partial charge in [-0.1, -0.05) is 19.0 Å². The first-order valence-corrected chi connectivity index (χ1v) is 7.28. The van der Waals surface area contributed by atoms with E-state index in [0.29, 0.717) is 36.5 Å². The number of hydrogen-bond donors (Lipinski definition) is 2. The normalized spacial score (nSPS) is 11.0. The Morgan fingerprint density at radius 1 is 1.36 bits per heavy atom. The predicted octanol–water partition coefficient (Wildman–Crippen LogP) is 1.10. The molecule has 0 amide bonds. The molecule has 2 aromatic rings. The second kappa shape index (κ2) is 7.69. The van der Waals surface area contributed by atoms with E-state index < -0.39 is 0 Å². The van der Waals surface area contributed by atoms with Crippen LogP contribution in [-0.4, -0.2) is 45.4 Å². The minimum absolute atomic E-state index is 0.0522. The molecule has 0 bridgehead atoms. The Bertz CT molecular complexity index is 586. The molecule has 0 saturated carbocycles. The number of aliphatic hydroxyl groups excluding tert-OH is 1. The first-order chi connectivity index (χ1) is 10.6. The lowest BCUT2D eigenvalue weighted by Crippen LogP contribution is -2.19. The van der Waals surface area contributed by atoms with Crippen LogP contribution in [0.5, 0.6) is 0 Å². The minimum Gasteiger partial charge on any atom is -0.395 e. The molecule has 2 heterocycles. The predicted molar refractivity (Wildman–Crippen MR) is 82.6 cm³/mol. The van der Waals surface area contributed by atoms with Crippen molar-refractivity contribution < 1.29 is 9.63 Å². The Morgan fingerprint density at radius 2 is 2.18 bits per heavy atom. The zero-order valence-electron chi connectivity index (χ0n) is 13.2. The summed E-state index contributed by atoms with van der Waals surface area (Å²) in [6, 6.07) is 1.81. The number of nitrogens with zero attached hydrogens (tertiary/aromatic N) is 5.